The fraction of sp³-hybridized carbons (Fsp3) is 0.714. The lowest BCUT2D eigenvalue weighted by Crippen LogP contribution is -2.00. The van der Waals surface area contributed by atoms with Crippen LogP contribution in [0.1, 0.15) is 0 Å². The molecule has 0 saturated carbocycles. The molecule has 0 bridgehead atoms. The van der Waals surface area contributed by atoms with Gasteiger partial charge in [-0.2, -0.15) is 0 Å². The molecule has 1 saturated heterocycles. The molecule has 1 aliphatic rings. The summed E-state index contributed by atoms with van der Waals surface area (Å²) >= 11 is 0. The molecule has 0 aromatic heterocycles. The Morgan fingerprint density at radius 1 is 1.27 bits per heavy atom. The van der Waals surface area contributed by atoms with Gasteiger partial charge >= 0.3 is 0 Å². The summed E-state index contributed by atoms with van der Waals surface area (Å²) in [6.45, 7) is 4.65. The van der Waals surface area contributed by atoms with Crippen LogP contribution in [0.3, 0.4) is 0 Å². The lowest BCUT2D eigenvalue weighted by atomic mass is 10.6. The monoisotopic (exact) mass is 162 g/mol. The van der Waals surface area contributed by atoms with Gasteiger partial charge in [0, 0.05) is 0 Å². The first-order valence-corrected chi connectivity index (χ1v) is 3.42. The molecule has 0 spiro atoms. The van der Waals surface area contributed by atoms with E-state index in [1.54, 1.807) is 6.08 Å². The van der Waals surface area contributed by atoms with Crippen LogP contribution in [0.2, 0.25) is 0 Å². The highest BCUT2D eigenvalue weighted by molar-refractivity contribution is 4.73. The van der Waals surface area contributed by atoms with Gasteiger partial charge in [-0.25, -0.2) is 0 Å². The third-order valence-electron chi connectivity index (χ3n) is 0.940. The van der Waals surface area contributed by atoms with Gasteiger partial charge in [0.25, 0.3) is 0 Å². The second-order valence-electron chi connectivity index (χ2n) is 1.79. The normalized spacial score (nSPS) is 17.3. The molecule has 4 nitrogen and oxygen atoms in total. The van der Waals surface area contributed by atoms with E-state index >= 15 is 0 Å². The van der Waals surface area contributed by atoms with Gasteiger partial charge in [-0.05, 0) is 6.08 Å². The minimum Gasteiger partial charge on any atom is -0.394 e. The summed E-state index contributed by atoms with van der Waals surface area (Å²) < 4.78 is 9.92. The van der Waals surface area contributed by atoms with E-state index in [9.17, 15) is 0 Å². The van der Waals surface area contributed by atoms with Crippen LogP contribution in [0.4, 0.5) is 0 Å². The SMILES string of the molecule is C=CC1OCCO1.OCCO. The van der Waals surface area contributed by atoms with E-state index in [0.29, 0.717) is 13.2 Å². The molecule has 0 aliphatic carbocycles. The van der Waals surface area contributed by atoms with Crippen molar-refractivity contribution in [2.24, 2.45) is 0 Å². The standard InChI is InChI=1S/C5H8O2.C2H6O2/c1-2-5-6-3-4-7-5;3-1-2-4/h2,5H,1,3-4H2;3-4H,1-2H2. The van der Waals surface area contributed by atoms with Crippen LogP contribution in [0, 0.1) is 0 Å². The summed E-state index contributed by atoms with van der Waals surface area (Å²) in [7, 11) is 0. The topological polar surface area (TPSA) is 58.9 Å². The van der Waals surface area contributed by atoms with E-state index in [1.165, 1.54) is 0 Å². The second kappa shape index (κ2) is 7.68. The first-order valence-electron chi connectivity index (χ1n) is 3.42. The number of rotatable bonds is 2. The van der Waals surface area contributed by atoms with E-state index in [0.717, 1.165) is 0 Å². The summed E-state index contributed by atoms with van der Waals surface area (Å²) in [6.07, 6.45) is 1.51. The molecule has 1 rings (SSSR count). The highest BCUT2D eigenvalue weighted by Gasteiger charge is 2.09. The zero-order valence-electron chi connectivity index (χ0n) is 6.40. The number of aliphatic hydroxyl groups excluding tert-OH is 2. The Labute approximate surface area is 66.1 Å². The number of ether oxygens (including phenoxy) is 2. The molecule has 1 heterocycles. The van der Waals surface area contributed by atoms with Crippen molar-refractivity contribution in [3.8, 4) is 0 Å². The van der Waals surface area contributed by atoms with Crippen molar-refractivity contribution in [1.82, 2.24) is 0 Å². The van der Waals surface area contributed by atoms with Crippen LogP contribution >= 0.6 is 0 Å². The molecular weight excluding hydrogens is 148 g/mol. The Morgan fingerprint density at radius 3 is 1.91 bits per heavy atom. The molecule has 0 radical (unpaired) electrons. The first-order chi connectivity index (χ1) is 5.35. The van der Waals surface area contributed by atoms with Gasteiger partial charge in [-0.1, -0.05) is 6.58 Å². The lowest BCUT2D eigenvalue weighted by molar-refractivity contribution is -0.00126. The smallest absolute Gasteiger partial charge is 0.176 e. The van der Waals surface area contributed by atoms with Crippen LogP contribution in [0.15, 0.2) is 12.7 Å². The largest absolute Gasteiger partial charge is 0.394 e. The average Bonchev–Trinajstić information content (AvgIpc) is 2.56. The minimum absolute atomic E-state index is 0.125. The summed E-state index contributed by atoms with van der Waals surface area (Å²) in [5.41, 5.74) is 0. The number of hydrogen-bond acceptors (Lipinski definition) is 4. The van der Waals surface area contributed by atoms with E-state index in [4.69, 9.17) is 19.7 Å². The van der Waals surface area contributed by atoms with Crippen LogP contribution in [-0.2, 0) is 9.47 Å². The van der Waals surface area contributed by atoms with Crippen molar-refractivity contribution >= 4 is 0 Å². The van der Waals surface area contributed by atoms with E-state index < -0.39 is 0 Å². The quantitative estimate of drug-likeness (QED) is 0.538. The first kappa shape index (κ1) is 10.6. The fourth-order valence-corrected chi connectivity index (χ4v) is 0.513. The van der Waals surface area contributed by atoms with Gasteiger partial charge in [-0.15, -0.1) is 0 Å². The van der Waals surface area contributed by atoms with Crippen molar-refractivity contribution in [3.63, 3.8) is 0 Å². The van der Waals surface area contributed by atoms with Crippen LogP contribution in [-0.4, -0.2) is 42.9 Å². The van der Waals surface area contributed by atoms with Crippen molar-refractivity contribution in [2.75, 3.05) is 26.4 Å². The Morgan fingerprint density at radius 2 is 1.73 bits per heavy atom. The van der Waals surface area contributed by atoms with Gasteiger partial charge in [0.1, 0.15) is 0 Å². The van der Waals surface area contributed by atoms with Crippen LogP contribution < -0.4 is 0 Å². The maximum atomic E-state index is 7.62. The molecule has 1 fully saturated rings. The van der Waals surface area contributed by atoms with Crippen molar-refractivity contribution in [3.05, 3.63) is 12.7 Å². The van der Waals surface area contributed by atoms with E-state index in [1.807, 2.05) is 0 Å². The Kier molecular flexibility index (Phi) is 7.39. The molecule has 2 N–H and O–H groups in total. The van der Waals surface area contributed by atoms with Crippen LogP contribution in [0.25, 0.3) is 0 Å². The highest BCUT2D eigenvalue weighted by Crippen LogP contribution is 2.02. The molecule has 4 heteroatoms. The molecule has 66 valence electrons. The Balaban J connectivity index is 0.000000218. The van der Waals surface area contributed by atoms with Gasteiger partial charge in [-0.3, -0.25) is 0 Å². The summed E-state index contributed by atoms with van der Waals surface area (Å²) in [5, 5.41) is 15.2. The molecule has 0 aromatic carbocycles. The van der Waals surface area contributed by atoms with E-state index in [2.05, 4.69) is 6.58 Å². The maximum absolute atomic E-state index is 7.62. The molecular formula is C7H14O4. The van der Waals surface area contributed by atoms with Gasteiger partial charge in [0.15, 0.2) is 6.29 Å². The molecule has 0 atom stereocenters. The molecule has 1 aliphatic heterocycles. The Bertz CT molecular complexity index is 86.4. The third kappa shape index (κ3) is 6.00. The minimum atomic E-state index is -0.139. The van der Waals surface area contributed by atoms with E-state index in [-0.39, 0.29) is 19.5 Å². The zero-order chi connectivity index (χ0) is 8.53. The van der Waals surface area contributed by atoms with Crippen molar-refractivity contribution < 1.29 is 19.7 Å². The second-order valence-corrected chi connectivity index (χ2v) is 1.79. The lowest BCUT2D eigenvalue weighted by Gasteiger charge is -1.97. The molecule has 0 unspecified atom stereocenters. The van der Waals surface area contributed by atoms with Gasteiger partial charge in [0.2, 0.25) is 0 Å². The maximum Gasteiger partial charge on any atom is 0.176 e. The number of aliphatic hydroxyl groups is 2. The average molecular weight is 162 g/mol. The van der Waals surface area contributed by atoms with Crippen molar-refractivity contribution in [2.45, 2.75) is 6.29 Å². The zero-order valence-corrected chi connectivity index (χ0v) is 6.40. The van der Waals surface area contributed by atoms with Crippen molar-refractivity contribution in [1.29, 1.82) is 0 Å². The summed E-state index contributed by atoms with van der Waals surface area (Å²) in [6, 6.07) is 0. The number of hydrogen-bond donors (Lipinski definition) is 2. The molecule has 0 amide bonds. The van der Waals surface area contributed by atoms with Crippen LogP contribution in [0.5, 0.6) is 0 Å². The molecule has 0 aromatic rings. The Hall–Kier alpha value is -0.420. The predicted molar refractivity (Wildman–Crippen MR) is 40.1 cm³/mol. The predicted octanol–water partition coefficient (Wildman–Crippen LogP) is -0.484. The fourth-order valence-electron chi connectivity index (χ4n) is 0.513. The van der Waals surface area contributed by atoms with Gasteiger partial charge < -0.3 is 19.7 Å². The third-order valence-corrected chi connectivity index (χ3v) is 0.940. The van der Waals surface area contributed by atoms with Gasteiger partial charge in [0.05, 0.1) is 26.4 Å². The summed E-state index contributed by atoms with van der Waals surface area (Å²) in [5.74, 6) is 0. The highest BCUT2D eigenvalue weighted by atomic mass is 16.7. The molecule has 11 heavy (non-hydrogen) atoms. The summed E-state index contributed by atoms with van der Waals surface area (Å²) in [4.78, 5) is 0.